The summed E-state index contributed by atoms with van der Waals surface area (Å²) in [6.07, 6.45) is 1.16. The molecule has 6 nitrogen and oxygen atoms in total. The van der Waals surface area contributed by atoms with E-state index in [0.717, 1.165) is 4.47 Å². The number of rotatable bonds is 2. The summed E-state index contributed by atoms with van der Waals surface area (Å²) in [4.78, 5) is 29.4. The molecule has 0 bridgehead atoms. The fraction of sp³-hybridized carbons (Fsp3) is 0.357. The molecular formula is C14H17BrN4O2. The Morgan fingerprint density at radius 2 is 1.71 bits per heavy atom. The first-order chi connectivity index (χ1) is 9.97. The standard InChI is InChI=1S/C14H17BrN4O2/c15-11-3-1-10(2-4-11)13(21)19-7-5-9(6-8-19)12(20)18-14(16)17/h1-4,9H,5-8H2,(H4,16,17,18,20). The summed E-state index contributed by atoms with van der Waals surface area (Å²) in [7, 11) is 0. The second-order valence-corrected chi connectivity index (χ2v) is 5.86. The van der Waals surface area contributed by atoms with Crippen LogP contribution in [0.5, 0.6) is 0 Å². The molecule has 4 N–H and O–H groups in total. The highest BCUT2D eigenvalue weighted by molar-refractivity contribution is 9.10. The number of nitrogens with two attached hydrogens (primary N) is 2. The lowest BCUT2D eigenvalue weighted by Gasteiger charge is -2.30. The van der Waals surface area contributed by atoms with Crippen molar-refractivity contribution in [2.45, 2.75) is 12.8 Å². The van der Waals surface area contributed by atoms with Crippen molar-refractivity contribution in [3.8, 4) is 0 Å². The molecule has 1 saturated heterocycles. The van der Waals surface area contributed by atoms with Crippen molar-refractivity contribution in [1.82, 2.24) is 4.90 Å². The van der Waals surface area contributed by atoms with Gasteiger partial charge in [-0.1, -0.05) is 15.9 Å². The molecule has 1 heterocycles. The van der Waals surface area contributed by atoms with Crippen LogP contribution in [0.4, 0.5) is 0 Å². The minimum Gasteiger partial charge on any atom is -0.370 e. The van der Waals surface area contributed by atoms with Gasteiger partial charge in [0.05, 0.1) is 0 Å². The van der Waals surface area contributed by atoms with Crippen molar-refractivity contribution < 1.29 is 9.59 Å². The molecule has 1 fully saturated rings. The molecule has 21 heavy (non-hydrogen) atoms. The predicted molar refractivity (Wildman–Crippen MR) is 83.6 cm³/mol. The summed E-state index contributed by atoms with van der Waals surface area (Å²) < 4.78 is 0.931. The van der Waals surface area contributed by atoms with E-state index < -0.39 is 0 Å². The Balaban J connectivity index is 1.94. The van der Waals surface area contributed by atoms with Crippen LogP contribution in [0, 0.1) is 5.92 Å². The molecule has 0 saturated carbocycles. The van der Waals surface area contributed by atoms with Gasteiger partial charge in [-0.2, -0.15) is 4.99 Å². The fourth-order valence-electron chi connectivity index (χ4n) is 2.32. The Hall–Kier alpha value is -1.89. The Morgan fingerprint density at radius 1 is 1.14 bits per heavy atom. The van der Waals surface area contributed by atoms with E-state index in [1.54, 1.807) is 17.0 Å². The van der Waals surface area contributed by atoms with Gasteiger partial charge in [-0.15, -0.1) is 0 Å². The van der Waals surface area contributed by atoms with Gasteiger partial charge in [0.1, 0.15) is 0 Å². The van der Waals surface area contributed by atoms with Crippen molar-refractivity contribution in [2.75, 3.05) is 13.1 Å². The third-order valence-electron chi connectivity index (χ3n) is 3.46. The average Bonchev–Trinajstić information content (AvgIpc) is 2.47. The first-order valence-electron chi connectivity index (χ1n) is 6.65. The van der Waals surface area contributed by atoms with Gasteiger partial charge in [-0.05, 0) is 37.1 Å². The van der Waals surface area contributed by atoms with E-state index in [1.807, 2.05) is 12.1 Å². The van der Waals surface area contributed by atoms with Crippen LogP contribution in [0.1, 0.15) is 23.2 Å². The Kier molecular flexibility index (Phi) is 4.95. The summed E-state index contributed by atoms with van der Waals surface area (Å²) in [5.41, 5.74) is 11.1. The maximum Gasteiger partial charge on any atom is 0.253 e. The second-order valence-electron chi connectivity index (χ2n) is 4.95. The zero-order valence-electron chi connectivity index (χ0n) is 11.5. The van der Waals surface area contributed by atoms with E-state index in [2.05, 4.69) is 20.9 Å². The Bertz CT molecular complexity index is 559. The van der Waals surface area contributed by atoms with Crippen molar-refractivity contribution in [2.24, 2.45) is 22.4 Å². The molecule has 0 unspecified atom stereocenters. The van der Waals surface area contributed by atoms with Crippen molar-refractivity contribution >= 4 is 33.7 Å². The molecule has 0 aromatic heterocycles. The van der Waals surface area contributed by atoms with Gasteiger partial charge >= 0.3 is 0 Å². The van der Waals surface area contributed by atoms with Gasteiger partial charge < -0.3 is 16.4 Å². The third kappa shape index (κ3) is 4.04. The molecule has 112 valence electrons. The number of carbonyl (C=O) groups is 2. The Morgan fingerprint density at radius 3 is 2.24 bits per heavy atom. The molecule has 1 aliphatic rings. The molecule has 0 aliphatic carbocycles. The molecule has 7 heteroatoms. The van der Waals surface area contributed by atoms with Gasteiger partial charge in [0, 0.05) is 29.0 Å². The van der Waals surface area contributed by atoms with E-state index in [9.17, 15) is 9.59 Å². The van der Waals surface area contributed by atoms with Crippen LogP contribution in [0.25, 0.3) is 0 Å². The highest BCUT2D eigenvalue weighted by atomic mass is 79.9. The van der Waals surface area contributed by atoms with Crippen LogP contribution in [0.2, 0.25) is 0 Å². The highest BCUT2D eigenvalue weighted by Gasteiger charge is 2.27. The van der Waals surface area contributed by atoms with E-state index in [1.165, 1.54) is 0 Å². The summed E-state index contributed by atoms with van der Waals surface area (Å²) in [5, 5.41) is 0. The molecule has 0 spiro atoms. The third-order valence-corrected chi connectivity index (χ3v) is 3.99. The molecular weight excluding hydrogens is 336 g/mol. The van der Waals surface area contributed by atoms with Crippen LogP contribution >= 0.6 is 15.9 Å². The largest absolute Gasteiger partial charge is 0.370 e. The second kappa shape index (κ2) is 6.71. The maximum atomic E-state index is 12.3. The molecule has 2 rings (SSSR count). The van der Waals surface area contributed by atoms with Crippen molar-refractivity contribution in [3.05, 3.63) is 34.3 Å². The smallest absolute Gasteiger partial charge is 0.253 e. The number of benzene rings is 1. The van der Waals surface area contributed by atoms with Gasteiger partial charge in [-0.3, -0.25) is 9.59 Å². The highest BCUT2D eigenvalue weighted by Crippen LogP contribution is 2.21. The number of likely N-dealkylation sites (tertiary alicyclic amines) is 1. The SMILES string of the molecule is NC(N)=NC(=O)C1CCN(C(=O)c2ccc(Br)cc2)CC1. The number of nitrogens with zero attached hydrogens (tertiary/aromatic N) is 2. The lowest BCUT2D eigenvalue weighted by molar-refractivity contribution is -0.122. The number of guanidine groups is 1. The number of carbonyl (C=O) groups excluding carboxylic acids is 2. The predicted octanol–water partition coefficient (Wildman–Crippen LogP) is 1.10. The molecule has 0 radical (unpaired) electrons. The van der Waals surface area contributed by atoms with Gasteiger partial charge in [0.2, 0.25) is 0 Å². The minimum atomic E-state index is -0.300. The first kappa shape index (κ1) is 15.5. The zero-order valence-corrected chi connectivity index (χ0v) is 13.0. The summed E-state index contributed by atoms with van der Waals surface area (Å²) >= 11 is 3.34. The lowest BCUT2D eigenvalue weighted by atomic mass is 9.95. The number of aliphatic imine (C=N–C) groups is 1. The number of piperidine rings is 1. The molecule has 1 aromatic carbocycles. The molecule has 1 aromatic rings. The first-order valence-corrected chi connectivity index (χ1v) is 7.45. The van der Waals surface area contributed by atoms with E-state index >= 15 is 0 Å². The van der Waals surface area contributed by atoms with Crippen LogP contribution in [-0.4, -0.2) is 35.8 Å². The lowest BCUT2D eigenvalue weighted by Crippen LogP contribution is -2.40. The van der Waals surface area contributed by atoms with Gasteiger partial charge in [0.15, 0.2) is 5.96 Å². The average molecular weight is 353 g/mol. The van der Waals surface area contributed by atoms with Gasteiger partial charge in [-0.25, -0.2) is 0 Å². The fourth-order valence-corrected chi connectivity index (χ4v) is 2.59. The number of halogens is 1. The quantitative estimate of drug-likeness (QED) is 0.614. The molecule has 1 aliphatic heterocycles. The number of hydrogen-bond acceptors (Lipinski definition) is 2. The van der Waals surface area contributed by atoms with Crippen molar-refractivity contribution in [3.63, 3.8) is 0 Å². The normalized spacial score (nSPS) is 15.6. The van der Waals surface area contributed by atoms with Crippen LogP contribution < -0.4 is 11.5 Å². The molecule has 2 amide bonds. The summed E-state index contributed by atoms with van der Waals surface area (Å²) in [5.74, 6) is -0.740. The van der Waals surface area contributed by atoms with Crippen LogP contribution in [0.15, 0.2) is 33.7 Å². The minimum absolute atomic E-state index is 0.0183. The zero-order chi connectivity index (χ0) is 15.4. The van der Waals surface area contributed by atoms with Crippen LogP contribution in [0.3, 0.4) is 0 Å². The monoisotopic (exact) mass is 352 g/mol. The summed E-state index contributed by atoms with van der Waals surface area (Å²) in [6, 6.07) is 7.23. The van der Waals surface area contributed by atoms with Crippen LogP contribution in [-0.2, 0) is 4.79 Å². The topological polar surface area (TPSA) is 102 Å². The van der Waals surface area contributed by atoms with Gasteiger partial charge in [0.25, 0.3) is 11.8 Å². The summed E-state index contributed by atoms with van der Waals surface area (Å²) in [6.45, 7) is 1.07. The van der Waals surface area contributed by atoms with E-state index in [0.29, 0.717) is 31.5 Å². The molecule has 0 atom stereocenters. The number of amides is 2. The maximum absolute atomic E-state index is 12.3. The Labute approximate surface area is 131 Å². The van der Waals surface area contributed by atoms with E-state index in [4.69, 9.17) is 11.5 Å². The van der Waals surface area contributed by atoms with Crippen molar-refractivity contribution in [1.29, 1.82) is 0 Å². The van der Waals surface area contributed by atoms with E-state index in [-0.39, 0.29) is 23.7 Å². The number of hydrogen-bond donors (Lipinski definition) is 2.